The van der Waals surface area contributed by atoms with Gasteiger partial charge < -0.3 is 9.73 Å². The molecule has 0 unspecified atom stereocenters. The number of aromatic nitrogens is 5. The molecule has 0 saturated carbocycles. The van der Waals surface area contributed by atoms with Gasteiger partial charge in [-0.25, -0.2) is 29.2 Å². The predicted molar refractivity (Wildman–Crippen MR) is 130 cm³/mol. The first-order valence-electron chi connectivity index (χ1n) is 10.8. The van der Waals surface area contributed by atoms with Crippen molar-refractivity contribution in [1.82, 2.24) is 24.1 Å². The fourth-order valence-electron chi connectivity index (χ4n) is 4.41. The predicted octanol–water partition coefficient (Wildman–Crippen LogP) is 4.38. The molecule has 0 radical (unpaired) electrons. The van der Waals surface area contributed by atoms with Crippen molar-refractivity contribution in [3.05, 3.63) is 52.8 Å². The molecule has 1 aromatic carbocycles. The third-order valence-electron chi connectivity index (χ3n) is 6.46. The van der Waals surface area contributed by atoms with Crippen LogP contribution in [0.4, 0.5) is 16.0 Å². The van der Waals surface area contributed by atoms with Crippen LogP contribution in [0.1, 0.15) is 24.4 Å². The summed E-state index contributed by atoms with van der Waals surface area (Å²) in [5, 5.41) is 3.12. The number of hydrogen-bond donors (Lipinski definition) is 1. The van der Waals surface area contributed by atoms with Crippen molar-refractivity contribution in [3.8, 4) is 11.3 Å². The molecule has 1 aliphatic heterocycles. The first kappa shape index (κ1) is 21.7. The van der Waals surface area contributed by atoms with Crippen LogP contribution in [0.15, 0.2) is 40.1 Å². The summed E-state index contributed by atoms with van der Waals surface area (Å²) in [5.41, 5.74) is 2.90. The average molecular weight is 471 g/mol. The number of nitrogens with zero attached hydrogens (tertiary/aromatic N) is 5. The third-order valence-corrected chi connectivity index (χ3v) is 9.15. The molecule has 8 nitrogen and oxygen atoms in total. The molecule has 174 valence electrons. The van der Waals surface area contributed by atoms with Gasteiger partial charge in [0.05, 0.1) is 18.0 Å². The van der Waals surface area contributed by atoms with E-state index >= 15 is 0 Å². The topological polar surface area (TPSA) is 90.8 Å². The van der Waals surface area contributed by atoms with Crippen molar-refractivity contribution in [2.45, 2.75) is 25.8 Å². The quantitative estimate of drug-likeness (QED) is 0.476. The Labute approximate surface area is 192 Å². The van der Waals surface area contributed by atoms with E-state index in [2.05, 4.69) is 32.8 Å². The highest BCUT2D eigenvalue weighted by atomic mass is 32.3. The minimum Gasteiger partial charge on any atom is -0.443 e. The van der Waals surface area contributed by atoms with Gasteiger partial charge in [0, 0.05) is 18.8 Å². The van der Waals surface area contributed by atoms with E-state index in [9.17, 15) is 9.18 Å². The fraction of sp³-hybridized carbons (Fsp3) is 0.391. The normalized spacial score (nSPS) is 17.4. The summed E-state index contributed by atoms with van der Waals surface area (Å²) in [4.78, 5) is 26.0. The zero-order valence-corrected chi connectivity index (χ0v) is 19.9. The second-order valence-electron chi connectivity index (χ2n) is 9.16. The molecule has 0 amide bonds. The second-order valence-corrected chi connectivity index (χ2v) is 13.5. The highest BCUT2D eigenvalue weighted by Crippen LogP contribution is 2.48. The first-order valence-corrected chi connectivity index (χ1v) is 13.6. The molecule has 4 heterocycles. The maximum absolute atomic E-state index is 14.8. The molecule has 1 N–H and O–H groups in total. The third kappa shape index (κ3) is 3.92. The Morgan fingerprint density at radius 2 is 1.97 bits per heavy atom. The smallest absolute Gasteiger partial charge is 0.330 e. The monoisotopic (exact) mass is 470 g/mol. The highest BCUT2D eigenvalue weighted by Gasteiger charge is 2.28. The van der Waals surface area contributed by atoms with Crippen LogP contribution in [0.25, 0.3) is 22.5 Å². The Balaban J connectivity index is 1.50. The summed E-state index contributed by atoms with van der Waals surface area (Å²) < 4.78 is 23.4. The number of hydrogen-bond acceptors (Lipinski definition) is 6. The Morgan fingerprint density at radius 3 is 2.67 bits per heavy atom. The van der Waals surface area contributed by atoms with E-state index in [4.69, 9.17) is 4.42 Å². The van der Waals surface area contributed by atoms with Crippen molar-refractivity contribution >= 4 is 32.8 Å². The summed E-state index contributed by atoms with van der Waals surface area (Å²) in [7, 11) is 1.17. The molecule has 4 aromatic rings. The molecule has 0 atom stereocenters. The second kappa shape index (κ2) is 8.02. The summed E-state index contributed by atoms with van der Waals surface area (Å²) in [5.74, 6) is 2.54. The van der Waals surface area contributed by atoms with Gasteiger partial charge in [0.25, 0.3) is 0 Å². The standard InChI is InChI=1S/C23H27FN6O2S/c1-14-9-16(20-12-25-13-32-20)17(24)10-18(14)27-22-26-11-19-21(28-22)30(23(31)29(19)2)15-5-7-33(3,4)8-6-15/h9-13,15H,5-8H2,1-4H3,(H,26,27,28). The van der Waals surface area contributed by atoms with Crippen LogP contribution in [0.5, 0.6) is 0 Å². The number of anilines is 2. The lowest BCUT2D eigenvalue weighted by atomic mass is 10.1. The van der Waals surface area contributed by atoms with Crippen molar-refractivity contribution in [2.24, 2.45) is 7.05 Å². The zero-order chi connectivity index (χ0) is 23.3. The van der Waals surface area contributed by atoms with E-state index in [1.54, 1.807) is 23.9 Å². The van der Waals surface area contributed by atoms with Gasteiger partial charge in [-0.3, -0.25) is 9.13 Å². The Hall–Kier alpha value is -3.14. The van der Waals surface area contributed by atoms with E-state index in [0.29, 0.717) is 34.1 Å². The van der Waals surface area contributed by atoms with E-state index in [1.165, 1.54) is 18.7 Å². The average Bonchev–Trinajstić information content (AvgIpc) is 3.39. The van der Waals surface area contributed by atoms with Gasteiger partial charge >= 0.3 is 5.69 Å². The molecule has 5 rings (SSSR count). The SMILES string of the molecule is Cc1cc(-c2cnco2)c(F)cc1Nc1ncc2c(n1)n(C1CCS(C)(C)CC1)c(=O)n2C. The van der Waals surface area contributed by atoms with Crippen LogP contribution in [0.2, 0.25) is 0 Å². The van der Waals surface area contributed by atoms with Gasteiger partial charge in [0.2, 0.25) is 5.95 Å². The molecule has 1 aliphatic rings. The van der Waals surface area contributed by atoms with Crippen molar-refractivity contribution < 1.29 is 8.81 Å². The number of rotatable bonds is 4. The number of imidazole rings is 1. The number of oxazole rings is 1. The van der Waals surface area contributed by atoms with Crippen LogP contribution < -0.4 is 11.0 Å². The number of fused-ring (bicyclic) bond motifs is 1. The number of aryl methyl sites for hydroxylation is 2. The zero-order valence-electron chi connectivity index (χ0n) is 19.1. The first-order chi connectivity index (χ1) is 15.7. The van der Waals surface area contributed by atoms with Gasteiger partial charge in [-0.05, 0) is 61.5 Å². The van der Waals surface area contributed by atoms with Gasteiger partial charge in [-0.1, -0.05) is 0 Å². The van der Waals surface area contributed by atoms with Gasteiger partial charge in [-0.15, -0.1) is 0 Å². The summed E-state index contributed by atoms with van der Waals surface area (Å²) in [6, 6.07) is 3.22. The molecule has 0 aliphatic carbocycles. The summed E-state index contributed by atoms with van der Waals surface area (Å²) >= 11 is 0. The van der Waals surface area contributed by atoms with E-state index in [1.807, 2.05) is 11.5 Å². The molecule has 0 spiro atoms. The van der Waals surface area contributed by atoms with Crippen LogP contribution in [-0.4, -0.2) is 48.1 Å². The number of halogens is 1. The summed E-state index contributed by atoms with van der Waals surface area (Å²) in [6.45, 7) is 1.87. The van der Waals surface area contributed by atoms with Gasteiger partial charge in [0.15, 0.2) is 17.8 Å². The van der Waals surface area contributed by atoms with E-state index in [-0.39, 0.29) is 11.7 Å². The van der Waals surface area contributed by atoms with Crippen molar-refractivity contribution in [3.63, 3.8) is 0 Å². The van der Waals surface area contributed by atoms with Gasteiger partial charge in [0.1, 0.15) is 11.3 Å². The number of nitrogens with one attached hydrogen (secondary N) is 1. The lowest BCUT2D eigenvalue weighted by Crippen LogP contribution is -2.31. The molecule has 0 bridgehead atoms. The number of benzene rings is 1. The maximum Gasteiger partial charge on any atom is 0.330 e. The minimum atomic E-state index is -0.574. The van der Waals surface area contributed by atoms with Crippen LogP contribution >= 0.6 is 10.0 Å². The van der Waals surface area contributed by atoms with Crippen molar-refractivity contribution in [1.29, 1.82) is 0 Å². The minimum absolute atomic E-state index is 0.0743. The molecular weight excluding hydrogens is 443 g/mol. The molecule has 10 heteroatoms. The molecule has 3 aromatic heterocycles. The maximum atomic E-state index is 14.8. The lowest BCUT2D eigenvalue weighted by molar-refractivity contribution is 0.458. The summed E-state index contributed by atoms with van der Waals surface area (Å²) in [6.07, 6.45) is 11.1. The van der Waals surface area contributed by atoms with Gasteiger partial charge in [-0.2, -0.15) is 4.98 Å². The lowest BCUT2D eigenvalue weighted by Gasteiger charge is -2.39. The highest BCUT2D eigenvalue weighted by molar-refractivity contribution is 8.32. The van der Waals surface area contributed by atoms with Crippen LogP contribution in [-0.2, 0) is 7.05 Å². The Kier molecular flexibility index (Phi) is 5.27. The Bertz CT molecular complexity index is 1380. The van der Waals surface area contributed by atoms with E-state index in [0.717, 1.165) is 29.9 Å². The largest absolute Gasteiger partial charge is 0.443 e. The molecule has 33 heavy (non-hydrogen) atoms. The molecule has 1 fully saturated rings. The molecule has 1 saturated heterocycles. The fourth-order valence-corrected chi connectivity index (χ4v) is 6.44. The van der Waals surface area contributed by atoms with Crippen LogP contribution in [0, 0.1) is 12.7 Å². The molecular formula is C23H27FN6O2S. The van der Waals surface area contributed by atoms with Crippen molar-refractivity contribution in [2.75, 3.05) is 29.3 Å². The van der Waals surface area contributed by atoms with E-state index < -0.39 is 15.8 Å². The van der Waals surface area contributed by atoms with Crippen LogP contribution in [0.3, 0.4) is 0 Å². The Morgan fingerprint density at radius 1 is 1.21 bits per heavy atom.